The Kier molecular flexibility index (Phi) is 3.44. The highest BCUT2D eigenvalue weighted by atomic mass is 16.3. The summed E-state index contributed by atoms with van der Waals surface area (Å²) in [5.74, 6) is 0.512. The highest BCUT2D eigenvalue weighted by Gasteiger charge is 2.16. The Hall–Kier alpha value is -1.81. The zero-order valence-corrected chi connectivity index (χ0v) is 9.87. The number of aromatic hydroxyl groups is 1. The van der Waals surface area contributed by atoms with Crippen LogP contribution in [0.4, 0.5) is 0 Å². The minimum absolute atomic E-state index is 0.230. The SMILES string of the molecule is Cn1nccc1C(CCN)c1ccc(O)cc1. The second kappa shape index (κ2) is 5.01. The zero-order valence-electron chi connectivity index (χ0n) is 9.87. The molecule has 0 aliphatic rings. The Bertz CT molecular complexity index is 476. The topological polar surface area (TPSA) is 64.1 Å². The third-order valence-corrected chi connectivity index (χ3v) is 2.97. The first-order valence-corrected chi connectivity index (χ1v) is 5.69. The Labute approximate surface area is 101 Å². The Morgan fingerprint density at radius 2 is 2.00 bits per heavy atom. The molecular formula is C13H17N3O. The van der Waals surface area contributed by atoms with Crippen LogP contribution >= 0.6 is 0 Å². The lowest BCUT2D eigenvalue weighted by molar-refractivity contribution is 0.475. The lowest BCUT2D eigenvalue weighted by atomic mass is 9.92. The lowest BCUT2D eigenvalue weighted by Crippen LogP contribution is -2.12. The summed E-state index contributed by atoms with van der Waals surface area (Å²) in [6.07, 6.45) is 2.66. The summed E-state index contributed by atoms with van der Waals surface area (Å²) in [6, 6.07) is 9.28. The number of phenols is 1. The number of aryl methyl sites for hydroxylation is 1. The van der Waals surface area contributed by atoms with E-state index in [2.05, 4.69) is 5.10 Å². The predicted octanol–water partition coefficient (Wildman–Crippen LogP) is 1.61. The van der Waals surface area contributed by atoms with Gasteiger partial charge in [-0.2, -0.15) is 5.10 Å². The second-order valence-corrected chi connectivity index (χ2v) is 4.10. The molecule has 0 aliphatic heterocycles. The Balaban J connectivity index is 2.35. The van der Waals surface area contributed by atoms with E-state index in [4.69, 9.17) is 5.73 Å². The van der Waals surface area contributed by atoms with Crippen molar-refractivity contribution in [1.82, 2.24) is 9.78 Å². The molecule has 1 unspecified atom stereocenters. The molecule has 0 saturated heterocycles. The molecular weight excluding hydrogens is 214 g/mol. The quantitative estimate of drug-likeness (QED) is 0.840. The van der Waals surface area contributed by atoms with E-state index in [1.165, 1.54) is 0 Å². The van der Waals surface area contributed by atoms with Crippen LogP contribution in [-0.2, 0) is 7.05 Å². The summed E-state index contributed by atoms with van der Waals surface area (Å²) >= 11 is 0. The molecule has 2 aromatic rings. The predicted molar refractivity (Wildman–Crippen MR) is 66.8 cm³/mol. The van der Waals surface area contributed by atoms with Crippen molar-refractivity contribution in [2.75, 3.05) is 6.54 Å². The van der Waals surface area contributed by atoms with Gasteiger partial charge in [0.15, 0.2) is 0 Å². The minimum atomic E-state index is 0.230. The molecule has 17 heavy (non-hydrogen) atoms. The van der Waals surface area contributed by atoms with Crippen molar-refractivity contribution in [2.45, 2.75) is 12.3 Å². The maximum absolute atomic E-state index is 9.31. The number of hydrogen-bond donors (Lipinski definition) is 2. The van der Waals surface area contributed by atoms with Crippen LogP contribution in [0.5, 0.6) is 5.75 Å². The molecule has 0 saturated carbocycles. The Morgan fingerprint density at radius 3 is 2.53 bits per heavy atom. The molecule has 4 heteroatoms. The van der Waals surface area contributed by atoms with Crippen molar-refractivity contribution in [1.29, 1.82) is 0 Å². The van der Waals surface area contributed by atoms with E-state index >= 15 is 0 Å². The second-order valence-electron chi connectivity index (χ2n) is 4.10. The molecule has 3 N–H and O–H groups in total. The maximum Gasteiger partial charge on any atom is 0.115 e. The monoisotopic (exact) mass is 231 g/mol. The molecule has 0 bridgehead atoms. The van der Waals surface area contributed by atoms with Gasteiger partial charge >= 0.3 is 0 Å². The third-order valence-electron chi connectivity index (χ3n) is 2.97. The van der Waals surface area contributed by atoms with Crippen LogP contribution in [-0.4, -0.2) is 21.4 Å². The summed E-state index contributed by atoms with van der Waals surface area (Å²) in [6.45, 7) is 0.622. The Morgan fingerprint density at radius 1 is 1.29 bits per heavy atom. The number of rotatable bonds is 4. The van der Waals surface area contributed by atoms with Gasteiger partial charge in [0.2, 0.25) is 0 Å². The summed E-state index contributed by atoms with van der Waals surface area (Å²) in [4.78, 5) is 0. The number of phenolic OH excluding ortho intramolecular Hbond substituents is 1. The molecule has 0 amide bonds. The molecule has 0 radical (unpaired) electrons. The molecule has 1 aromatic carbocycles. The van der Waals surface area contributed by atoms with Crippen LogP contribution in [0.2, 0.25) is 0 Å². The number of nitrogens with zero attached hydrogens (tertiary/aromatic N) is 2. The van der Waals surface area contributed by atoms with E-state index < -0.39 is 0 Å². The van der Waals surface area contributed by atoms with E-state index in [0.29, 0.717) is 6.54 Å². The third kappa shape index (κ3) is 2.47. The fraction of sp³-hybridized carbons (Fsp3) is 0.308. The van der Waals surface area contributed by atoms with Gasteiger partial charge in [0, 0.05) is 24.9 Å². The number of benzene rings is 1. The average Bonchev–Trinajstić information content (AvgIpc) is 2.74. The van der Waals surface area contributed by atoms with Gasteiger partial charge in [-0.25, -0.2) is 0 Å². The molecule has 1 aromatic heterocycles. The van der Waals surface area contributed by atoms with Gasteiger partial charge in [-0.1, -0.05) is 12.1 Å². The van der Waals surface area contributed by atoms with Crippen LogP contribution in [0, 0.1) is 0 Å². The van der Waals surface area contributed by atoms with Gasteiger partial charge in [0.25, 0.3) is 0 Å². The van der Waals surface area contributed by atoms with Gasteiger partial charge in [-0.3, -0.25) is 4.68 Å². The fourth-order valence-corrected chi connectivity index (χ4v) is 2.08. The average molecular weight is 231 g/mol. The molecule has 1 atom stereocenters. The number of hydrogen-bond acceptors (Lipinski definition) is 3. The molecule has 4 nitrogen and oxygen atoms in total. The smallest absolute Gasteiger partial charge is 0.115 e. The molecule has 0 fully saturated rings. The summed E-state index contributed by atoms with van der Waals surface area (Å²) in [5.41, 5.74) is 7.96. The maximum atomic E-state index is 9.31. The van der Waals surface area contributed by atoms with Gasteiger partial charge in [0.1, 0.15) is 5.75 Å². The van der Waals surface area contributed by atoms with Crippen LogP contribution in [0.1, 0.15) is 23.6 Å². The van der Waals surface area contributed by atoms with Crippen LogP contribution < -0.4 is 5.73 Å². The molecule has 90 valence electrons. The van der Waals surface area contributed by atoms with Gasteiger partial charge in [-0.05, 0) is 36.7 Å². The van der Waals surface area contributed by atoms with Crippen molar-refractivity contribution >= 4 is 0 Å². The molecule has 1 heterocycles. The van der Waals surface area contributed by atoms with Crippen LogP contribution in [0.3, 0.4) is 0 Å². The summed E-state index contributed by atoms with van der Waals surface area (Å²) in [7, 11) is 1.93. The normalized spacial score (nSPS) is 12.6. The summed E-state index contributed by atoms with van der Waals surface area (Å²) in [5, 5.41) is 13.5. The molecule has 0 spiro atoms. The zero-order chi connectivity index (χ0) is 12.3. The van der Waals surface area contributed by atoms with Crippen molar-refractivity contribution in [3.8, 4) is 5.75 Å². The van der Waals surface area contributed by atoms with E-state index in [1.54, 1.807) is 18.3 Å². The van der Waals surface area contributed by atoms with Crippen molar-refractivity contribution in [2.24, 2.45) is 12.8 Å². The van der Waals surface area contributed by atoms with E-state index in [1.807, 2.05) is 29.9 Å². The van der Waals surface area contributed by atoms with Crippen molar-refractivity contribution in [3.05, 3.63) is 47.8 Å². The van der Waals surface area contributed by atoms with Crippen LogP contribution in [0.15, 0.2) is 36.5 Å². The largest absolute Gasteiger partial charge is 0.508 e. The van der Waals surface area contributed by atoms with E-state index in [-0.39, 0.29) is 11.7 Å². The lowest BCUT2D eigenvalue weighted by Gasteiger charge is -2.17. The summed E-state index contributed by atoms with van der Waals surface area (Å²) < 4.78 is 1.87. The molecule has 2 rings (SSSR count). The first-order chi connectivity index (χ1) is 8.22. The number of aromatic nitrogens is 2. The van der Waals surface area contributed by atoms with Gasteiger partial charge < -0.3 is 10.8 Å². The van der Waals surface area contributed by atoms with E-state index in [9.17, 15) is 5.11 Å². The standard InChI is InChI=1S/C13H17N3O/c1-16-13(7-9-15-16)12(6-8-14)10-2-4-11(17)5-3-10/h2-5,7,9,12,17H,6,8,14H2,1H3. The first kappa shape index (κ1) is 11.7. The highest BCUT2D eigenvalue weighted by molar-refractivity contribution is 5.33. The fourth-order valence-electron chi connectivity index (χ4n) is 2.08. The molecule has 0 aliphatic carbocycles. The minimum Gasteiger partial charge on any atom is -0.508 e. The van der Waals surface area contributed by atoms with Crippen molar-refractivity contribution in [3.63, 3.8) is 0 Å². The highest BCUT2D eigenvalue weighted by Crippen LogP contribution is 2.28. The van der Waals surface area contributed by atoms with Crippen LogP contribution in [0.25, 0.3) is 0 Å². The van der Waals surface area contributed by atoms with Gasteiger partial charge in [0.05, 0.1) is 0 Å². The number of nitrogens with two attached hydrogens (primary N) is 1. The van der Waals surface area contributed by atoms with E-state index in [0.717, 1.165) is 17.7 Å². The van der Waals surface area contributed by atoms with Gasteiger partial charge in [-0.15, -0.1) is 0 Å². The first-order valence-electron chi connectivity index (χ1n) is 5.69. The van der Waals surface area contributed by atoms with Crippen molar-refractivity contribution < 1.29 is 5.11 Å².